The lowest BCUT2D eigenvalue weighted by molar-refractivity contribution is 0.624. The highest BCUT2D eigenvalue weighted by atomic mass is 32.1. The molecular formula is C13H14FN5S. The van der Waals surface area contributed by atoms with Crippen molar-refractivity contribution in [1.82, 2.24) is 14.8 Å². The maximum Gasteiger partial charge on any atom is 0.195 e. The van der Waals surface area contributed by atoms with Crippen LogP contribution in [0.15, 0.2) is 18.2 Å². The fraction of sp³-hybridized carbons (Fsp3) is 0.308. The smallest absolute Gasteiger partial charge is 0.195 e. The Morgan fingerprint density at radius 3 is 3.05 bits per heavy atom. The summed E-state index contributed by atoms with van der Waals surface area (Å²) in [4.78, 5) is 0. The molecule has 0 radical (unpaired) electrons. The average Bonchev–Trinajstić information content (AvgIpc) is 2.79. The van der Waals surface area contributed by atoms with Crippen LogP contribution in [0.3, 0.4) is 0 Å². The summed E-state index contributed by atoms with van der Waals surface area (Å²) in [5.74, 6) is 0.314. The molecule has 0 bridgehead atoms. The van der Waals surface area contributed by atoms with Crippen LogP contribution in [-0.2, 0) is 13.0 Å². The fourth-order valence-corrected chi connectivity index (χ4v) is 2.24. The molecule has 2 N–H and O–H groups in total. The van der Waals surface area contributed by atoms with Gasteiger partial charge in [-0.15, -0.1) is 0 Å². The third kappa shape index (κ3) is 2.86. The van der Waals surface area contributed by atoms with Crippen LogP contribution >= 0.6 is 12.2 Å². The largest absolute Gasteiger partial charge is 0.383 e. The monoisotopic (exact) mass is 291 g/mol. The van der Waals surface area contributed by atoms with Gasteiger partial charge in [0.15, 0.2) is 4.77 Å². The lowest BCUT2D eigenvalue weighted by Gasteiger charge is -2.08. The van der Waals surface area contributed by atoms with E-state index in [1.54, 1.807) is 12.1 Å². The Morgan fingerprint density at radius 1 is 1.55 bits per heavy atom. The Kier molecular flexibility index (Phi) is 4.48. The van der Waals surface area contributed by atoms with Crippen molar-refractivity contribution in [3.8, 4) is 6.07 Å². The number of H-pyrrole nitrogens is 1. The van der Waals surface area contributed by atoms with Crippen LogP contribution in [0, 0.1) is 21.9 Å². The first-order valence-electron chi connectivity index (χ1n) is 6.24. The van der Waals surface area contributed by atoms with Gasteiger partial charge in [0, 0.05) is 19.5 Å². The average molecular weight is 291 g/mol. The van der Waals surface area contributed by atoms with Gasteiger partial charge < -0.3 is 9.88 Å². The normalized spacial score (nSPS) is 10.2. The van der Waals surface area contributed by atoms with Gasteiger partial charge >= 0.3 is 0 Å². The van der Waals surface area contributed by atoms with Crippen molar-refractivity contribution in [2.45, 2.75) is 19.9 Å². The van der Waals surface area contributed by atoms with Crippen LogP contribution in [0.25, 0.3) is 0 Å². The summed E-state index contributed by atoms with van der Waals surface area (Å²) in [5.41, 5.74) is 0.520. The van der Waals surface area contributed by atoms with Crippen LogP contribution in [0.4, 0.5) is 10.1 Å². The van der Waals surface area contributed by atoms with Crippen LogP contribution in [0.2, 0.25) is 0 Å². The van der Waals surface area contributed by atoms with Gasteiger partial charge in [-0.25, -0.2) is 4.39 Å². The highest BCUT2D eigenvalue weighted by molar-refractivity contribution is 7.71. The Labute approximate surface area is 121 Å². The van der Waals surface area contributed by atoms with E-state index < -0.39 is 5.82 Å². The highest BCUT2D eigenvalue weighted by Gasteiger charge is 2.08. The molecule has 2 aromatic rings. The lowest BCUT2D eigenvalue weighted by Crippen LogP contribution is -2.11. The molecule has 2 rings (SSSR count). The summed E-state index contributed by atoms with van der Waals surface area (Å²) >= 11 is 5.10. The maximum atomic E-state index is 13.4. The SMILES string of the molecule is CCn1c(CCNc2cccc(F)c2C#N)n[nH]c1=S. The molecule has 0 amide bonds. The molecule has 5 nitrogen and oxygen atoms in total. The van der Waals surface area contributed by atoms with E-state index in [1.807, 2.05) is 17.6 Å². The van der Waals surface area contributed by atoms with Gasteiger partial charge in [0.1, 0.15) is 23.3 Å². The maximum absolute atomic E-state index is 13.4. The summed E-state index contributed by atoms with van der Waals surface area (Å²) in [6.45, 7) is 3.27. The van der Waals surface area contributed by atoms with E-state index in [-0.39, 0.29) is 5.56 Å². The number of benzene rings is 1. The zero-order chi connectivity index (χ0) is 14.5. The molecule has 1 aromatic heterocycles. The van der Waals surface area contributed by atoms with E-state index in [2.05, 4.69) is 15.5 Å². The number of nitriles is 1. The third-order valence-corrected chi connectivity index (χ3v) is 3.25. The second kappa shape index (κ2) is 6.30. The molecule has 20 heavy (non-hydrogen) atoms. The third-order valence-electron chi connectivity index (χ3n) is 2.94. The number of rotatable bonds is 5. The summed E-state index contributed by atoms with van der Waals surface area (Å²) in [6, 6.07) is 6.38. The number of hydrogen-bond acceptors (Lipinski definition) is 4. The van der Waals surface area contributed by atoms with Crippen LogP contribution in [-0.4, -0.2) is 21.3 Å². The number of anilines is 1. The number of aromatic amines is 1. The molecule has 0 aliphatic rings. The minimum atomic E-state index is -0.520. The molecule has 1 aromatic carbocycles. The molecule has 0 saturated heterocycles. The second-order valence-corrected chi connectivity index (χ2v) is 4.53. The molecule has 1 heterocycles. The molecule has 0 aliphatic heterocycles. The van der Waals surface area contributed by atoms with Crippen molar-refractivity contribution in [3.05, 3.63) is 40.2 Å². The topological polar surface area (TPSA) is 69.4 Å². The standard InChI is InChI=1S/C13H14FN5S/c1-2-19-12(17-18-13(19)20)6-7-16-11-5-3-4-10(14)9(11)8-15/h3-5,16H,2,6-7H2,1H3,(H,18,20). The minimum Gasteiger partial charge on any atom is -0.383 e. The Morgan fingerprint density at radius 2 is 2.35 bits per heavy atom. The molecule has 0 unspecified atom stereocenters. The van der Waals surface area contributed by atoms with E-state index in [1.165, 1.54) is 6.07 Å². The summed E-state index contributed by atoms with van der Waals surface area (Å²) in [7, 11) is 0. The quantitative estimate of drug-likeness (QED) is 0.831. The predicted molar refractivity (Wildman–Crippen MR) is 76.4 cm³/mol. The van der Waals surface area contributed by atoms with E-state index in [0.29, 0.717) is 23.4 Å². The molecule has 7 heteroatoms. The summed E-state index contributed by atoms with van der Waals surface area (Å²) in [6.07, 6.45) is 0.627. The van der Waals surface area contributed by atoms with Crippen molar-refractivity contribution in [2.24, 2.45) is 0 Å². The first-order chi connectivity index (χ1) is 9.67. The molecular weight excluding hydrogens is 277 g/mol. The zero-order valence-electron chi connectivity index (χ0n) is 11.0. The van der Waals surface area contributed by atoms with E-state index in [0.717, 1.165) is 12.4 Å². The Hall–Kier alpha value is -2.20. The van der Waals surface area contributed by atoms with Crippen LogP contribution < -0.4 is 5.32 Å². The second-order valence-electron chi connectivity index (χ2n) is 4.14. The van der Waals surface area contributed by atoms with E-state index in [9.17, 15) is 4.39 Å². The van der Waals surface area contributed by atoms with Gasteiger partial charge in [0.2, 0.25) is 0 Å². The van der Waals surface area contributed by atoms with Gasteiger partial charge in [-0.1, -0.05) is 6.07 Å². The van der Waals surface area contributed by atoms with Gasteiger partial charge in [-0.3, -0.25) is 5.10 Å². The first-order valence-corrected chi connectivity index (χ1v) is 6.64. The van der Waals surface area contributed by atoms with E-state index in [4.69, 9.17) is 17.5 Å². The summed E-state index contributed by atoms with van der Waals surface area (Å²) in [5, 5.41) is 18.9. The Balaban J connectivity index is 2.05. The summed E-state index contributed by atoms with van der Waals surface area (Å²) < 4.78 is 15.9. The molecule has 0 fully saturated rings. The molecule has 0 atom stereocenters. The van der Waals surface area contributed by atoms with Crippen LogP contribution in [0.5, 0.6) is 0 Å². The van der Waals surface area contributed by atoms with Gasteiger partial charge in [-0.05, 0) is 31.3 Å². The Bertz CT molecular complexity index is 698. The molecule has 104 valence electrons. The van der Waals surface area contributed by atoms with Crippen molar-refractivity contribution in [3.63, 3.8) is 0 Å². The van der Waals surface area contributed by atoms with Crippen LogP contribution in [0.1, 0.15) is 18.3 Å². The highest BCUT2D eigenvalue weighted by Crippen LogP contribution is 2.17. The predicted octanol–water partition coefficient (Wildman–Crippen LogP) is 2.63. The lowest BCUT2D eigenvalue weighted by atomic mass is 10.2. The van der Waals surface area contributed by atoms with Crippen molar-refractivity contribution in [1.29, 1.82) is 5.26 Å². The van der Waals surface area contributed by atoms with Gasteiger partial charge in [0.05, 0.1) is 5.69 Å². The van der Waals surface area contributed by atoms with E-state index >= 15 is 0 Å². The molecule has 0 aliphatic carbocycles. The van der Waals surface area contributed by atoms with Crippen molar-refractivity contribution in [2.75, 3.05) is 11.9 Å². The minimum absolute atomic E-state index is 0.0295. The van der Waals surface area contributed by atoms with Gasteiger partial charge in [-0.2, -0.15) is 10.4 Å². The molecule has 0 saturated carbocycles. The first kappa shape index (κ1) is 14.2. The zero-order valence-corrected chi connectivity index (χ0v) is 11.8. The van der Waals surface area contributed by atoms with Crippen molar-refractivity contribution >= 4 is 17.9 Å². The van der Waals surface area contributed by atoms with Gasteiger partial charge in [0.25, 0.3) is 0 Å². The number of nitrogens with one attached hydrogen (secondary N) is 2. The number of halogens is 1. The van der Waals surface area contributed by atoms with Crippen molar-refractivity contribution < 1.29 is 4.39 Å². The molecule has 0 spiro atoms. The number of nitrogens with zero attached hydrogens (tertiary/aromatic N) is 3. The fourth-order valence-electron chi connectivity index (χ4n) is 1.96. The number of hydrogen-bond donors (Lipinski definition) is 2. The number of aromatic nitrogens is 3.